The molecule has 0 radical (unpaired) electrons. The Labute approximate surface area is 214 Å². The quantitative estimate of drug-likeness (QED) is 0.362. The van der Waals surface area contributed by atoms with Crippen molar-refractivity contribution in [3.8, 4) is 11.5 Å². The molecule has 0 aliphatic carbocycles. The number of carbonyl (C=O) groups excluding carboxylic acids is 1. The smallest absolute Gasteiger partial charge is 0.246 e. The standard InChI is InChI=1S/C27H40N6O3/c1-19(2)27(34)28-18-25-30-22-17-24(36-15-7-12-33-10-5-6-11-33)23(35-4)16-21(22)26(31-25)29-20-8-13-32(3)14-9-20/h16-17,20H,1,5-15,18H2,2-4H3,(H,28,34)(H,29,30,31). The summed E-state index contributed by atoms with van der Waals surface area (Å²) in [5, 5.41) is 7.37. The summed E-state index contributed by atoms with van der Waals surface area (Å²) in [5.41, 5.74) is 1.21. The van der Waals surface area contributed by atoms with Crippen molar-refractivity contribution >= 4 is 22.6 Å². The first-order chi connectivity index (χ1) is 17.4. The Morgan fingerprint density at radius 1 is 1.14 bits per heavy atom. The fourth-order valence-corrected chi connectivity index (χ4v) is 4.78. The number of anilines is 1. The molecule has 1 aromatic carbocycles. The van der Waals surface area contributed by atoms with Gasteiger partial charge in [0.15, 0.2) is 17.3 Å². The highest BCUT2D eigenvalue weighted by molar-refractivity contribution is 5.93. The Bertz CT molecular complexity index is 1060. The number of fused-ring (bicyclic) bond motifs is 1. The summed E-state index contributed by atoms with van der Waals surface area (Å²) in [6.45, 7) is 11.7. The van der Waals surface area contributed by atoms with Gasteiger partial charge in [-0.2, -0.15) is 0 Å². The van der Waals surface area contributed by atoms with Crippen molar-refractivity contribution in [2.24, 2.45) is 0 Å². The van der Waals surface area contributed by atoms with Gasteiger partial charge in [0.1, 0.15) is 5.82 Å². The van der Waals surface area contributed by atoms with E-state index in [9.17, 15) is 4.79 Å². The summed E-state index contributed by atoms with van der Waals surface area (Å²) in [6.07, 6.45) is 5.63. The van der Waals surface area contributed by atoms with Gasteiger partial charge in [-0.25, -0.2) is 9.97 Å². The third-order valence-electron chi connectivity index (χ3n) is 6.96. The monoisotopic (exact) mass is 496 g/mol. The minimum Gasteiger partial charge on any atom is -0.493 e. The number of piperidine rings is 1. The number of rotatable bonds is 11. The third-order valence-corrected chi connectivity index (χ3v) is 6.96. The van der Waals surface area contributed by atoms with E-state index < -0.39 is 0 Å². The molecule has 2 aliphatic rings. The lowest BCUT2D eigenvalue weighted by Gasteiger charge is -2.30. The van der Waals surface area contributed by atoms with Crippen LogP contribution < -0.4 is 20.1 Å². The molecule has 0 atom stereocenters. The Kier molecular flexibility index (Phi) is 8.98. The van der Waals surface area contributed by atoms with Crippen LogP contribution in [0.2, 0.25) is 0 Å². The Hall–Kier alpha value is -2.91. The number of likely N-dealkylation sites (tertiary alicyclic amines) is 2. The maximum atomic E-state index is 12.1. The van der Waals surface area contributed by atoms with Crippen LogP contribution in [0.5, 0.6) is 11.5 Å². The van der Waals surface area contributed by atoms with E-state index >= 15 is 0 Å². The van der Waals surface area contributed by atoms with Crippen LogP contribution >= 0.6 is 0 Å². The van der Waals surface area contributed by atoms with Crippen LogP contribution in [-0.4, -0.2) is 85.2 Å². The summed E-state index contributed by atoms with van der Waals surface area (Å²) in [5.74, 6) is 2.43. The highest BCUT2D eigenvalue weighted by Gasteiger charge is 2.20. The fourth-order valence-electron chi connectivity index (χ4n) is 4.78. The van der Waals surface area contributed by atoms with Crippen molar-refractivity contribution < 1.29 is 14.3 Å². The zero-order chi connectivity index (χ0) is 25.5. The second-order valence-electron chi connectivity index (χ2n) is 9.94. The molecule has 2 saturated heterocycles. The summed E-state index contributed by atoms with van der Waals surface area (Å²) in [7, 11) is 3.81. The van der Waals surface area contributed by atoms with Crippen LogP contribution in [-0.2, 0) is 11.3 Å². The van der Waals surface area contributed by atoms with Crippen LogP contribution in [0.4, 0.5) is 5.82 Å². The molecule has 9 heteroatoms. The third kappa shape index (κ3) is 6.85. The van der Waals surface area contributed by atoms with E-state index in [1.165, 1.54) is 25.9 Å². The molecule has 196 valence electrons. The van der Waals surface area contributed by atoms with E-state index in [1.807, 2.05) is 12.1 Å². The van der Waals surface area contributed by atoms with Gasteiger partial charge in [-0.1, -0.05) is 6.58 Å². The Balaban J connectivity index is 1.56. The van der Waals surface area contributed by atoms with Gasteiger partial charge in [0, 0.05) is 29.6 Å². The number of hydrogen-bond acceptors (Lipinski definition) is 8. The minimum absolute atomic E-state index is 0.208. The summed E-state index contributed by atoms with van der Waals surface area (Å²) in [4.78, 5) is 26.4. The number of carbonyl (C=O) groups is 1. The second kappa shape index (κ2) is 12.4. The lowest BCUT2D eigenvalue weighted by molar-refractivity contribution is -0.117. The fraction of sp³-hybridized carbons (Fsp3) is 0.593. The molecule has 2 fully saturated rings. The van der Waals surface area contributed by atoms with E-state index in [2.05, 4.69) is 34.1 Å². The molecule has 0 saturated carbocycles. The Morgan fingerprint density at radius 3 is 2.58 bits per heavy atom. The van der Waals surface area contributed by atoms with Crippen LogP contribution in [0.3, 0.4) is 0 Å². The van der Waals surface area contributed by atoms with E-state index in [4.69, 9.17) is 19.4 Å². The molecule has 2 aliphatic heterocycles. The lowest BCUT2D eigenvalue weighted by atomic mass is 10.1. The van der Waals surface area contributed by atoms with Crippen molar-refractivity contribution in [1.29, 1.82) is 0 Å². The van der Waals surface area contributed by atoms with Gasteiger partial charge in [-0.15, -0.1) is 0 Å². The van der Waals surface area contributed by atoms with E-state index in [0.717, 1.165) is 55.6 Å². The lowest BCUT2D eigenvalue weighted by Crippen LogP contribution is -2.37. The normalized spacial score (nSPS) is 17.3. The van der Waals surface area contributed by atoms with Crippen LogP contribution in [0.15, 0.2) is 24.3 Å². The van der Waals surface area contributed by atoms with Crippen LogP contribution in [0, 0.1) is 0 Å². The predicted molar refractivity (Wildman–Crippen MR) is 143 cm³/mol. The van der Waals surface area contributed by atoms with Crippen LogP contribution in [0.25, 0.3) is 10.9 Å². The number of nitrogens with zero attached hydrogens (tertiary/aromatic N) is 4. The molecule has 0 spiro atoms. The molecule has 4 rings (SSSR count). The molecule has 3 heterocycles. The molecule has 0 bridgehead atoms. The van der Waals surface area contributed by atoms with Gasteiger partial charge in [0.2, 0.25) is 5.91 Å². The van der Waals surface area contributed by atoms with Gasteiger partial charge in [-0.05, 0) is 78.3 Å². The van der Waals surface area contributed by atoms with Crippen molar-refractivity contribution in [2.45, 2.75) is 51.6 Å². The molecule has 1 aromatic heterocycles. The average Bonchev–Trinajstić information content (AvgIpc) is 3.39. The first kappa shape index (κ1) is 26.2. The van der Waals surface area contributed by atoms with Crippen LogP contribution in [0.1, 0.15) is 44.9 Å². The van der Waals surface area contributed by atoms with Crippen molar-refractivity contribution in [1.82, 2.24) is 25.1 Å². The highest BCUT2D eigenvalue weighted by Crippen LogP contribution is 2.35. The second-order valence-corrected chi connectivity index (χ2v) is 9.94. The van der Waals surface area contributed by atoms with E-state index in [0.29, 0.717) is 35.5 Å². The maximum Gasteiger partial charge on any atom is 0.246 e. The van der Waals surface area contributed by atoms with E-state index in [1.54, 1.807) is 14.0 Å². The zero-order valence-electron chi connectivity index (χ0n) is 21.9. The molecule has 1 amide bonds. The van der Waals surface area contributed by atoms with Gasteiger partial charge >= 0.3 is 0 Å². The van der Waals surface area contributed by atoms with Crippen molar-refractivity contribution in [2.75, 3.05) is 58.8 Å². The number of amides is 1. The van der Waals surface area contributed by atoms with Crippen molar-refractivity contribution in [3.05, 3.63) is 30.1 Å². The minimum atomic E-state index is -0.208. The van der Waals surface area contributed by atoms with Crippen molar-refractivity contribution in [3.63, 3.8) is 0 Å². The SMILES string of the molecule is C=C(C)C(=O)NCc1nc(NC2CCN(C)CC2)c2cc(OC)c(OCCCN3CCCC3)cc2n1. The number of hydrogen-bond donors (Lipinski definition) is 2. The number of ether oxygens (including phenoxy) is 2. The average molecular weight is 497 g/mol. The predicted octanol–water partition coefficient (Wildman–Crippen LogP) is 3.20. The molecule has 0 unspecified atom stereocenters. The topological polar surface area (TPSA) is 91.9 Å². The first-order valence-electron chi connectivity index (χ1n) is 13.1. The zero-order valence-corrected chi connectivity index (χ0v) is 21.9. The molecule has 2 aromatic rings. The maximum absolute atomic E-state index is 12.1. The van der Waals surface area contributed by atoms with Gasteiger partial charge < -0.3 is 29.9 Å². The molecule has 36 heavy (non-hydrogen) atoms. The van der Waals surface area contributed by atoms with Gasteiger partial charge in [0.05, 0.1) is 25.8 Å². The molecule has 9 nitrogen and oxygen atoms in total. The highest BCUT2D eigenvalue weighted by atomic mass is 16.5. The number of aromatic nitrogens is 2. The van der Waals surface area contributed by atoms with Gasteiger partial charge in [0.25, 0.3) is 0 Å². The molecular formula is C27H40N6O3. The number of methoxy groups -OCH3 is 1. The largest absolute Gasteiger partial charge is 0.493 e. The summed E-state index contributed by atoms with van der Waals surface area (Å²) < 4.78 is 11.8. The summed E-state index contributed by atoms with van der Waals surface area (Å²) >= 11 is 0. The summed E-state index contributed by atoms with van der Waals surface area (Å²) in [6, 6.07) is 4.21. The van der Waals surface area contributed by atoms with E-state index in [-0.39, 0.29) is 12.5 Å². The Morgan fingerprint density at radius 2 is 1.89 bits per heavy atom. The number of nitrogens with one attached hydrogen (secondary N) is 2. The van der Waals surface area contributed by atoms with Gasteiger partial charge in [-0.3, -0.25) is 4.79 Å². The molecule has 2 N–H and O–H groups in total. The first-order valence-corrected chi connectivity index (χ1v) is 13.1. The number of benzene rings is 1. The molecular weight excluding hydrogens is 456 g/mol.